The van der Waals surface area contributed by atoms with Crippen LogP contribution >= 0.6 is 0 Å². The molecule has 0 atom stereocenters. The lowest BCUT2D eigenvalue weighted by molar-refractivity contribution is -0.161. The number of aromatic nitrogens is 3. The van der Waals surface area contributed by atoms with Gasteiger partial charge in [-0.25, -0.2) is 9.97 Å². The standard InChI is InChI=1S/C21H23N3O4/c1-13(2)27-19(25)18(20(26)28-14(3)4)17-12-15-8-5-6-9-16(15)24(17)21-22-10-7-11-23-21/h5-14,18H,1-4H3. The molecular formula is C21H23N3O4. The zero-order chi connectivity index (χ0) is 20.3. The lowest BCUT2D eigenvalue weighted by atomic mass is 10.1. The molecule has 2 aromatic heterocycles. The molecule has 28 heavy (non-hydrogen) atoms. The Morgan fingerprint density at radius 3 is 2.04 bits per heavy atom. The summed E-state index contributed by atoms with van der Waals surface area (Å²) >= 11 is 0. The molecule has 7 heteroatoms. The van der Waals surface area contributed by atoms with Crippen molar-refractivity contribution in [1.29, 1.82) is 0 Å². The second-order valence-corrected chi connectivity index (χ2v) is 6.92. The second-order valence-electron chi connectivity index (χ2n) is 6.92. The average Bonchev–Trinajstić information content (AvgIpc) is 3.00. The Morgan fingerprint density at radius 2 is 1.46 bits per heavy atom. The number of carbonyl (C=O) groups excluding carboxylic acids is 2. The molecule has 0 spiro atoms. The zero-order valence-corrected chi connectivity index (χ0v) is 16.3. The summed E-state index contributed by atoms with van der Waals surface area (Å²) in [7, 11) is 0. The van der Waals surface area contributed by atoms with Crippen LogP contribution in [0, 0.1) is 0 Å². The van der Waals surface area contributed by atoms with Crippen LogP contribution in [0.3, 0.4) is 0 Å². The van der Waals surface area contributed by atoms with Crippen LogP contribution in [-0.4, -0.2) is 38.7 Å². The van der Waals surface area contributed by atoms with Gasteiger partial charge in [0.25, 0.3) is 0 Å². The van der Waals surface area contributed by atoms with Gasteiger partial charge >= 0.3 is 11.9 Å². The molecule has 0 amide bonds. The molecule has 0 fully saturated rings. The maximum atomic E-state index is 12.9. The van der Waals surface area contributed by atoms with E-state index < -0.39 is 17.9 Å². The topological polar surface area (TPSA) is 83.3 Å². The maximum Gasteiger partial charge on any atom is 0.326 e. The van der Waals surface area contributed by atoms with Crippen molar-refractivity contribution in [2.45, 2.75) is 45.8 Å². The fourth-order valence-corrected chi connectivity index (χ4v) is 2.96. The maximum absolute atomic E-state index is 12.9. The van der Waals surface area contributed by atoms with Crippen LogP contribution in [0.1, 0.15) is 39.3 Å². The monoisotopic (exact) mass is 381 g/mol. The number of ether oxygens (including phenoxy) is 2. The average molecular weight is 381 g/mol. The zero-order valence-electron chi connectivity index (χ0n) is 16.3. The van der Waals surface area contributed by atoms with E-state index in [4.69, 9.17) is 9.47 Å². The summed E-state index contributed by atoms with van der Waals surface area (Å²) in [6.07, 6.45) is 2.48. The SMILES string of the molecule is CC(C)OC(=O)C(C(=O)OC(C)C)c1cc2ccccc2n1-c1ncccn1. The number of hydrogen-bond donors (Lipinski definition) is 0. The smallest absolute Gasteiger partial charge is 0.326 e. The molecule has 0 radical (unpaired) electrons. The number of fused-ring (bicyclic) bond motifs is 1. The third-order valence-electron chi connectivity index (χ3n) is 3.96. The molecule has 7 nitrogen and oxygen atoms in total. The first-order chi connectivity index (χ1) is 13.4. The van der Waals surface area contributed by atoms with Crippen LogP contribution < -0.4 is 0 Å². The van der Waals surface area contributed by atoms with Crippen molar-refractivity contribution in [2.24, 2.45) is 0 Å². The van der Waals surface area contributed by atoms with Gasteiger partial charge in [0.15, 0.2) is 5.92 Å². The van der Waals surface area contributed by atoms with Gasteiger partial charge < -0.3 is 9.47 Å². The summed E-state index contributed by atoms with van der Waals surface area (Å²) < 4.78 is 12.4. The highest BCUT2D eigenvalue weighted by Crippen LogP contribution is 2.30. The summed E-state index contributed by atoms with van der Waals surface area (Å²) in [5, 5.41) is 0.852. The van der Waals surface area contributed by atoms with E-state index in [9.17, 15) is 9.59 Å². The summed E-state index contributed by atoms with van der Waals surface area (Å²) in [5.41, 5.74) is 1.19. The molecule has 146 valence electrons. The van der Waals surface area contributed by atoms with E-state index in [1.54, 1.807) is 56.8 Å². The normalized spacial score (nSPS) is 11.4. The van der Waals surface area contributed by atoms with Crippen LogP contribution in [-0.2, 0) is 19.1 Å². The van der Waals surface area contributed by atoms with E-state index in [1.165, 1.54) is 0 Å². The van der Waals surface area contributed by atoms with Gasteiger partial charge in [0.1, 0.15) is 0 Å². The van der Waals surface area contributed by atoms with Crippen molar-refractivity contribution in [1.82, 2.24) is 14.5 Å². The van der Waals surface area contributed by atoms with Gasteiger partial charge in [-0.2, -0.15) is 0 Å². The van der Waals surface area contributed by atoms with Crippen molar-refractivity contribution >= 4 is 22.8 Å². The predicted molar refractivity (Wildman–Crippen MR) is 104 cm³/mol. The van der Waals surface area contributed by atoms with Gasteiger partial charge in [-0.05, 0) is 45.9 Å². The van der Waals surface area contributed by atoms with Crippen molar-refractivity contribution in [3.05, 3.63) is 54.5 Å². The van der Waals surface area contributed by atoms with Crippen molar-refractivity contribution in [3.63, 3.8) is 0 Å². The Morgan fingerprint density at radius 1 is 0.893 bits per heavy atom. The van der Waals surface area contributed by atoms with E-state index >= 15 is 0 Å². The summed E-state index contributed by atoms with van der Waals surface area (Å²) in [5.74, 6) is -2.22. The van der Waals surface area contributed by atoms with E-state index in [1.807, 2.05) is 24.3 Å². The van der Waals surface area contributed by atoms with E-state index in [0.717, 1.165) is 10.9 Å². The predicted octanol–water partition coefficient (Wildman–Crippen LogP) is 3.41. The highest BCUT2D eigenvalue weighted by molar-refractivity contribution is 6.02. The Kier molecular flexibility index (Phi) is 5.73. The van der Waals surface area contributed by atoms with Crippen molar-refractivity contribution in [3.8, 4) is 5.95 Å². The fraction of sp³-hybridized carbons (Fsp3) is 0.333. The molecular weight excluding hydrogens is 358 g/mol. The largest absolute Gasteiger partial charge is 0.462 e. The first-order valence-corrected chi connectivity index (χ1v) is 9.17. The van der Waals surface area contributed by atoms with Gasteiger partial charge in [0.2, 0.25) is 5.95 Å². The summed E-state index contributed by atoms with van der Waals surface area (Å²) in [4.78, 5) is 34.3. The van der Waals surface area contributed by atoms with Crippen LogP contribution in [0.4, 0.5) is 0 Å². The third kappa shape index (κ3) is 4.03. The molecule has 3 rings (SSSR count). The minimum Gasteiger partial charge on any atom is -0.462 e. The molecule has 3 aromatic rings. The Bertz CT molecular complexity index is 958. The third-order valence-corrected chi connectivity index (χ3v) is 3.96. The lowest BCUT2D eigenvalue weighted by Gasteiger charge is -2.20. The summed E-state index contributed by atoms with van der Waals surface area (Å²) in [6.45, 7) is 6.94. The highest BCUT2D eigenvalue weighted by atomic mass is 16.6. The molecule has 0 aliphatic carbocycles. The van der Waals surface area contributed by atoms with Crippen molar-refractivity contribution < 1.29 is 19.1 Å². The molecule has 0 bridgehead atoms. The molecule has 0 N–H and O–H groups in total. The van der Waals surface area contributed by atoms with Crippen LogP contribution in [0.5, 0.6) is 0 Å². The highest BCUT2D eigenvalue weighted by Gasteiger charge is 2.36. The van der Waals surface area contributed by atoms with Gasteiger partial charge in [0, 0.05) is 17.8 Å². The first kappa shape index (κ1) is 19.5. The minimum absolute atomic E-state index is 0.360. The molecule has 0 unspecified atom stereocenters. The first-order valence-electron chi connectivity index (χ1n) is 9.17. The van der Waals surface area contributed by atoms with Crippen molar-refractivity contribution in [2.75, 3.05) is 0 Å². The van der Waals surface area contributed by atoms with E-state index in [0.29, 0.717) is 11.6 Å². The minimum atomic E-state index is -1.25. The number of rotatable bonds is 6. The number of nitrogens with zero attached hydrogens (tertiary/aromatic N) is 3. The van der Waals surface area contributed by atoms with Gasteiger partial charge in [-0.15, -0.1) is 0 Å². The van der Waals surface area contributed by atoms with E-state index in [2.05, 4.69) is 9.97 Å². The molecule has 0 aliphatic heterocycles. The van der Waals surface area contributed by atoms with E-state index in [-0.39, 0.29) is 12.2 Å². The van der Waals surface area contributed by atoms with Crippen LogP contribution in [0.15, 0.2) is 48.8 Å². The van der Waals surface area contributed by atoms with Gasteiger partial charge in [0.05, 0.1) is 23.4 Å². The van der Waals surface area contributed by atoms with Crippen LogP contribution in [0.25, 0.3) is 16.9 Å². The quantitative estimate of drug-likeness (QED) is 0.481. The summed E-state index contributed by atoms with van der Waals surface area (Å²) in [6, 6.07) is 11.0. The van der Waals surface area contributed by atoms with Gasteiger partial charge in [-0.1, -0.05) is 18.2 Å². The lowest BCUT2D eigenvalue weighted by Crippen LogP contribution is -2.31. The Hall–Kier alpha value is -3.22. The number of para-hydroxylation sites is 1. The molecule has 0 saturated heterocycles. The van der Waals surface area contributed by atoms with Crippen LogP contribution in [0.2, 0.25) is 0 Å². The Labute approximate surface area is 163 Å². The fourth-order valence-electron chi connectivity index (χ4n) is 2.96. The van der Waals surface area contributed by atoms with Gasteiger partial charge in [-0.3, -0.25) is 14.2 Å². The number of esters is 2. The number of benzene rings is 1. The molecule has 1 aromatic carbocycles. The molecule has 0 saturated carbocycles. The molecule has 0 aliphatic rings. The Balaban J connectivity index is 2.21. The number of hydrogen-bond acceptors (Lipinski definition) is 6. The number of carbonyl (C=O) groups is 2. The molecule has 2 heterocycles. The second kappa shape index (κ2) is 8.21.